The summed E-state index contributed by atoms with van der Waals surface area (Å²) in [7, 11) is 0. The molecule has 2 heterocycles. The van der Waals surface area contributed by atoms with Crippen LogP contribution in [0.15, 0.2) is 24.3 Å². The van der Waals surface area contributed by atoms with Crippen LogP contribution in [0.3, 0.4) is 0 Å². The molecule has 7 nitrogen and oxygen atoms in total. The second kappa shape index (κ2) is 6.66. The highest BCUT2D eigenvalue weighted by Gasteiger charge is 2.42. The van der Waals surface area contributed by atoms with Gasteiger partial charge in [0.05, 0.1) is 0 Å². The van der Waals surface area contributed by atoms with Gasteiger partial charge in [0.25, 0.3) is 0 Å². The Labute approximate surface area is 146 Å². The maximum absolute atomic E-state index is 12.2. The highest BCUT2D eigenvalue weighted by molar-refractivity contribution is 6.08. The first-order chi connectivity index (χ1) is 11.9. The first-order valence-electron chi connectivity index (χ1n) is 8.44. The molecule has 3 rings (SSSR count). The molecule has 7 heteroatoms. The van der Waals surface area contributed by atoms with Gasteiger partial charge in [-0.1, -0.05) is 19.9 Å². The summed E-state index contributed by atoms with van der Waals surface area (Å²) >= 11 is 0. The van der Waals surface area contributed by atoms with Crippen LogP contribution >= 0.6 is 0 Å². The molecule has 1 N–H and O–H groups in total. The van der Waals surface area contributed by atoms with Gasteiger partial charge in [0.1, 0.15) is 6.54 Å². The molecule has 1 aromatic rings. The Kier molecular flexibility index (Phi) is 4.57. The fourth-order valence-electron chi connectivity index (χ4n) is 3.20. The van der Waals surface area contributed by atoms with Crippen molar-refractivity contribution < 1.29 is 19.2 Å². The van der Waals surface area contributed by atoms with E-state index in [1.807, 2.05) is 6.07 Å². The molecule has 0 aliphatic carbocycles. The van der Waals surface area contributed by atoms with Gasteiger partial charge in [0, 0.05) is 36.2 Å². The van der Waals surface area contributed by atoms with E-state index in [0.29, 0.717) is 18.7 Å². The van der Waals surface area contributed by atoms with Crippen molar-refractivity contribution in [3.63, 3.8) is 0 Å². The molecule has 0 bridgehead atoms. The van der Waals surface area contributed by atoms with Crippen molar-refractivity contribution in [2.24, 2.45) is 11.8 Å². The summed E-state index contributed by atoms with van der Waals surface area (Å²) < 4.78 is 0. The summed E-state index contributed by atoms with van der Waals surface area (Å²) in [4.78, 5) is 50.9. The Morgan fingerprint density at radius 1 is 1.16 bits per heavy atom. The van der Waals surface area contributed by atoms with E-state index in [-0.39, 0.29) is 24.3 Å². The topological polar surface area (TPSA) is 86.8 Å². The molecule has 2 atom stereocenters. The molecule has 0 saturated carbocycles. The molecule has 2 aliphatic heterocycles. The molecule has 0 spiro atoms. The van der Waals surface area contributed by atoms with Gasteiger partial charge in [-0.25, -0.2) is 0 Å². The van der Waals surface area contributed by atoms with Crippen LogP contribution in [0.1, 0.15) is 26.7 Å². The summed E-state index contributed by atoms with van der Waals surface area (Å²) in [6.45, 7) is 3.76. The minimum absolute atomic E-state index is 0.0692. The molecular formula is C18H21N3O4. The Balaban J connectivity index is 1.66. The van der Waals surface area contributed by atoms with Crippen LogP contribution in [0.2, 0.25) is 0 Å². The molecule has 2 saturated heterocycles. The van der Waals surface area contributed by atoms with Gasteiger partial charge < -0.3 is 10.2 Å². The number of hydrogen-bond acceptors (Lipinski definition) is 4. The standard InChI is InChI=1S/C18H21N3O4/c1-11-12(2)18(25)21(17(11)24)10-15(22)19-13-5-3-6-14(9-13)20-8-4-7-16(20)23/h3,5-6,9,11-12H,4,7-8,10H2,1-2H3,(H,19,22)/t11-,12-/m1/s1. The molecule has 1 aromatic carbocycles. The van der Waals surface area contributed by atoms with Crippen LogP contribution < -0.4 is 10.2 Å². The van der Waals surface area contributed by atoms with E-state index in [4.69, 9.17) is 0 Å². The molecule has 25 heavy (non-hydrogen) atoms. The second-order valence-corrected chi connectivity index (χ2v) is 6.59. The molecule has 0 aromatic heterocycles. The van der Waals surface area contributed by atoms with Gasteiger partial charge in [-0.05, 0) is 24.6 Å². The third-order valence-corrected chi connectivity index (χ3v) is 4.88. The predicted octanol–water partition coefficient (Wildman–Crippen LogP) is 1.39. The third-order valence-electron chi connectivity index (χ3n) is 4.88. The van der Waals surface area contributed by atoms with Crippen LogP contribution in [0.25, 0.3) is 0 Å². The number of benzene rings is 1. The SMILES string of the molecule is C[C@H]1C(=O)N(CC(=O)Nc2cccc(N3CCCC3=O)c2)C(=O)[C@@H]1C. The third kappa shape index (κ3) is 3.26. The van der Waals surface area contributed by atoms with Gasteiger partial charge in [-0.2, -0.15) is 0 Å². The number of imide groups is 1. The molecule has 132 valence electrons. The van der Waals surface area contributed by atoms with Crippen LogP contribution in [0, 0.1) is 11.8 Å². The highest BCUT2D eigenvalue weighted by Crippen LogP contribution is 2.26. The number of amides is 4. The zero-order valence-electron chi connectivity index (χ0n) is 14.3. The number of carbonyl (C=O) groups is 4. The zero-order chi connectivity index (χ0) is 18.1. The zero-order valence-corrected chi connectivity index (χ0v) is 14.3. The van der Waals surface area contributed by atoms with Crippen molar-refractivity contribution in [3.8, 4) is 0 Å². The van der Waals surface area contributed by atoms with Crippen molar-refractivity contribution in [2.75, 3.05) is 23.3 Å². The van der Waals surface area contributed by atoms with E-state index in [2.05, 4.69) is 5.32 Å². The summed E-state index contributed by atoms with van der Waals surface area (Å²) in [5.41, 5.74) is 1.26. The largest absolute Gasteiger partial charge is 0.324 e. The normalized spacial score (nSPS) is 23.5. The molecule has 0 unspecified atom stereocenters. The summed E-state index contributed by atoms with van der Waals surface area (Å²) in [5, 5.41) is 2.70. The predicted molar refractivity (Wildman–Crippen MR) is 91.7 cm³/mol. The van der Waals surface area contributed by atoms with Crippen LogP contribution in [-0.2, 0) is 19.2 Å². The smallest absolute Gasteiger partial charge is 0.244 e. The number of hydrogen-bond donors (Lipinski definition) is 1. The monoisotopic (exact) mass is 343 g/mol. The van der Waals surface area contributed by atoms with Gasteiger partial charge in [0.2, 0.25) is 23.6 Å². The minimum atomic E-state index is -0.437. The van der Waals surface area contributed by atoms with E-state index < -0.39 is 17.7 Å². The van der Waals surface area contributed by atoms with Crippen molar-refractivity contribution in [1.82, 2.24) is 4.90 Å². The van der Waals surface area contributed by atoms with Gasteiger partial charge >= 0.3 is 0 Å². The lowest BCUT2D eigenvalue weighted by Crippen LogP contribution is -2.38. The van der Waals surface area contributed by atoms with Crippen molar-refractivity contribution in [3.05, 3.63) is 24.3 Å². The minimum Gasteiger partial charge on any atom is -0.324 e. The lowest BCUT2D eigenvalue weighted by Gasteiger charge is -2.18. The molecule has 4 amide bonds. The second-order valence-electron chi connectivity index (χ2n) is 6.59. The summed E-state index contributed by atoms with van der Waals surface area (Å²) in [6.07, 6.45) is 1.36. The Bertz CT molecular complexity index is 726. The van der Waals surface area contributed by atoms with Crippen LogP contribution in [-0.4, -0.2) is 41.6 Å². The molecular weight excluding hydrogens is 322 g/mol. The number of nitrogens with zero attached hydrogens (tertiary/aromatic N) is 2. The number of likely N-dealkylation sites (tertiary alicyclic amines) is 1. The highest BCUT2D eigenvalue weighted by atomic mass is 16.2. The number of nitrogens with one attached hydrogen (secondary N) is 1. The van der Waals surface area contributed by atoms with Crippen LogP contribution in [0.4, 0.5) is 11.4 Å². The van der Waals surface area contributed by atoms with Crippen molar-refractivity contribution in [1.29, 1.82) is 0 Å². The number of carbonyl (C=O) groups excluding carboxylic acids is 4. The van der Waals surface area contributed by atoms with Gasteiger partial charge in [-0.3, -0.25) is 24.1 Å². The van der Waals surface area contributed by atoms with Crippen LogP contribution in [0.5, 0.6) is 0 Å². The first kappa shape index (κ1) is 17.1. The lowest BCUT2D eigenvalue weighted by molar-refractivity contribution is -0.142. The maximum Gasteiger partial charge on any atom is 0.244 e. The fraction of sp³-hybridized carbons (Fsp3) is 0.444. The quantitative estimate of drug-likeness (QED) is 0.837. The molecule has 0 radical (unpaired) electrons. The number of rotatable bonds is 4. The summed E-state index contributed by atoms with van der Waals surface area (Å²) in [5.74, 6) is -1.80. The van der Waals surface area contributed by atoms with Gasteiger partial charge in [0.15, 0.2) is 0 Å². The Morgan fingerprint density at radius 2 is 1.84 bits per heavy atom. The Hall–Kier alpha value is -2.70. The average molecular weight is 343 g/mol. The average Bonchev–Trinajstić information content (AvgIpc) is 3.09. The summed E-state index contributed by atoms with van der Waals surface area (Å²) in [6, 6.07) is 7.00. The van der Waals surface area contributed by atoms with Crippen molar-refractivity contribution in [2.45, 2.75) is 26.7 Å². The first-order valence-corrected chi connectivity index (χ1v) is 8.44. The Morgan fingerprint density at radius 3 is 2.44 bits per heavy atom. The van der Waals surface area contributed by atoms with Crippen molar-refractivity contribution >= 4 is 35.0 Å². The molecule has 2 fully saturated rings. The lowest BCUT2D eigenvalue weighted by atomic mass is 10.00. The fourth-order valence-corrected chi connectivity index (χ4v) is 3.20. The van der Waals surface area contributed by atoms with E-state index in [9.17, 15) is 19.2 Å². The molecule has 2 aliphatic rings. The van der Waals surface area contributed by atoms with Gasteiger partial charge in [-0.15, -0.1) is 0 Å². The van der Waals surface area contributed by atoms with E-state index in [0.717, 1.165) is 17.0 Å². The maximum atomic E-state index is 12.2. The van der Waals surface area contributed by atoms with E-state index in [1.165, 1.54) is 0 Å². The van der Waals surface area contributed by atoms with E-state index in [1.54, 1.807) is 36.9 Å². The van der Waals surface area contributed by atoms with E-state index >= 15 is 0 Å². The number of anilines is 2.